The van der Waals surface area contributed by atoms with Crippen molar-refractivity contribution in [2.45, 2.75) is 44.7 Å². The van der Waals surface area contributed by atoms with Gasteiger partial charge >= 0.3 is 6.18 Å². The highest BCUT2D eigenvalue weighted by atomic mass is 19.4. The topological polar surface area (TPSA) is 20.2 Å². The van der Waals surface area contributed by atoms with E-state index in [1.165, 1.54) is 0 Å². The van der Waals surface area contributed by atoms with Gasteiger partial charge in [-0.25, -0.2) is 0 Å². The summed E-state index contributed by atoms with van der Waals surface area (Å²) >= 11 is 0. The molecule has 1 fully saturated rings. The van der Waals surface area contributed by atoms with Crippen LogP contribution in [-0.2, 0) is 0 Å². The third-order valence-electron chi connectivity index (χ3n) is 3.02. The van der Waals surface area contributed by atoms with Gasteiger partial charge in [0.25, 0.3) is 0 Å². The van der Waals surface area contributed by atoms with E-state index in [2.05, 4.69) is 0 Å². The van der Waals surface area contributed by atoms with E-state index in [0.717, 1.165) is 12.8 Å². The van der Waals surface area contributed by atoms with Crippen molar-refractivity contribution in [2.24, 2.45) is 11.8 Å². The lowest BCUT2D eigenvalue weighted by Crippen LogP contribution is -2.28. The maximum atomic E-state index is 12.4. The molecule has 0 aromatic rings. The second kappa shape index (κ2) is 5.01. The predicted octanol–water partition coefficient (Wildman–Crippen LogP) is 3.13. The fraction of sp³-hybridized carbons (Fsp3) is 1.00. The Morgan fingerprint density at radius 3 is 2.50 bits per heavy atom. The molecule has 0 bridgehead atoms. The number of alkyl halides is 3. The maximum Gasteiger partial charge on any atom is 0.391 e. The van der Waals surface area contributed by atoms with Crippen LogP contribution in [0.25, 0.3) is 0 Å². The third kappa shape index (κ3) is 3.48. The molecule has 1 aliphatic rings. The Labute approximate surface area is 82.3 Å². The summed E-state index contributed by atoms with van der Waals surface area (Å²) in [6.45, 7) is 0.0905. The van der Waals surface area contributed by atoms with Gasteiger partial charge in [-0.3, -0.25) is 0 Å². The van der Waals surface area contributed by atoms with Crippen molar-refractivity contribution in [3.63, 3.8) is 0 Å². The molecule has 84 valence electrons. The summed E-state index contributed by atoms with van der Waals surface area (Å²) < 4.78 is 37.2. The lowest BCUT2D eigenvalue weighted by molar-refractivity contribution is -0.185. The first kappa shape index (κ1) is 11.8. The maximum absolute atomic E-state index is 12.4. The van der Waals surface area contributed by atoms with Crippen LogP contribution in [0, 0.1) is 11.8 Å². The zero-order valence-electron chi connectivity index (χ0n) is 8.19. The van der Waals surface area contributed by atoms with Gasteiger partial charge in [0.05, 0.1) is 5.92 Å². The van der Waals surface area contributed by atoms with E-state index >= 15 is 0 Å². The first-order chi connectivity index (χ1) is 6.54. The highest BCUT2D eigenvalue weighted by Gasteiger charge is 2.41. The Morgan fingerprint density at radius 1 is 1.21 bits per heavy atom. The van der Waals surface area contributed by atoms with Crippen LogP contribution in [-0.4, -0.2) is 17.9 Å². The third-order valence-corrected chi connectivity index (χ3v) is 3.02. The molecule has 2 unspecified atom stereocenters. The Morgan fingerprint density at radius 2 is 1.93 bits per heavy atom. The fourth-order valence-corrected chi connectivity index (χ4v) is 2.23. The van der Waals surface area contributed by atoms with Gasteiger partial charge in [-0.2, -0.15) is 13.2 Å². The lowest BCUT2D eigenvalue weighted by atomic mass is 9.79. The molecule has 0 heterocycles. The molecule has 0 aromatic carbocycles. The average Bonchev–Trinajstić information content (AvgIpc) is 2.14. The van der Waals surface area contributed by atoms with Crippen molar-refractivity contribution in [2.75, 3.05) is 6.61 Å². The Bertz CT molecular complexity index is 167. The molecule has 0 spiro atoms. The minimum absolute atomic E-state index is 0.0905. The second-order valence-electron chi connectivity index (χ2n) is 4.14. The highest BCUT2D eigenvalue weighted by molar-refractivity contribution is 4.77. The van der Waals surface area contributed by atoms with Gasteiger partial charge in [-0.15, -0.1) is 0 Å². The molecule has 0 aromatic heterocycles. The van der Waals surface area contributed by atoms with Crippen molar-refractivity contribution in [1.29, 1.82) is 0 Å². The van der Waals surface area contributed by atoms with E-state index in [1.807, 2.05) is 0 Å². The largest absolute Gasteiger partial charge is 0.396 e. The number of hydrogen-bond acceptors (Lipinski definition) is 1. The molecular formula is C10H17F3O. The molecule has 1 rings (SSSR count). The molecule has 14 heavy (non-hydrogen) atoms. The van der Waals surface area contributed by atoms with Gasteiger partial charge in [-0.1, -0.05) is 12.8 Å². The first-order valence-electron chi connectivity index (χ1n) is 5.21. The fourth-order valence-electron chi connectivity index (χ4n) is 2.23. The van der Waals surface area contributed by atoms with Crippen LogP contribution in [0.3, 0.4) is 0 Å². The van der Waals surface area contributed by atoms with Crippen molar-refractivity contribution in [3.8, 4) is 0 Å². The summed E-state index contributed by atoms with van der Waals surface area (Å²) in [6.07, 6.45) is -0.508. The molecule has 1 N–H and O–H groups in total. The van der Waals surface area contributed by atoms with Gasteiger partial charge in [0, 0.05) is 6.61 Å². The number of aliphatic hydroxyl groups excluding tert-OH is 1. The van der Waals surface area contributed by atoms with Crippen molar-refractivity contribution in [3.05, 3.63) is 0 Å². The quantitative estimate of drug-likeness (QED) is 0.758. The molecule has 1 nitrogen and oxygen atoms in total. The van der Waals surface area contributed by atoms with Crippen LogP contribution in [0.15, 0.2) is 0 Å². The highest BCUT2D eigenvalue weighted by Crippen LogP contribution is 2.41. The van der Waals surface area contributed by atoms with Crippen LogP contribution in [0.2, 0.25) is 0 Å². The lowest BCUT2D eigenvalue weighted by Gasteiger charge is -2.30. The first-order valence-corrected chi connectivity index (χ1v) is 5.21. The van der Waals surface area contributed by atoms with Gasteiger partial charge in [0.15, 0.2) is 0 Å². The van der Waals surface area contributed by atoms with Gasteiger partial charge in [-0.05, 0) is 31.6 Å². The summed E-state index contributed by atoms with van der Waals surface area (Å²) in [6, 6.07) is 0. The average molecular weight is 210 g/mol. The number of hydrogen-bond donors (Lipinski definition) is 1. The van der Waals surface area contributed by atoms with Crippen LogP contribution in [0.4, 0.5) is 13.2 Å². The summed E-state index contributed by atoms with van der Waals surface area (Å²) in [4.78, 5) is 0. The van der Waals surface area contributed by atoms with Crippen LogP contribution in [0.5, 0.6) is 0 Å². The summed E-state index contributed by atoms with van der Waals surface area (Å²) in [7, 11) is 0. The smallest absolute Gasteiger partial charge is 0.391 e. The zero-order chi connectivity index (χ0) is 10.6. The number of aliphatic hydroxyl groups is 1. The number of halogens is 3. The van der Waals surface area contributed by atoms with E-state index in [4.69, 9.17) is 5.11 Å². The summed E-state index contributed by atoms with van der Waals surface area (Å²) in [5.74, 6) is -0.928. The standard InChI is InChI=1S/C10H17F3O/c11-10(12,13)9-5-1-3-8(7-9)4-2-6-14/h8-9,14H,1-7H2. The summed E-state index contributed by atoms with van der Waals surface area (Å²) in [5, 5.41) is 8.60. The normalized spacial score (nSPS) is 29.1. The Balaban J connectivity index is 2.36. The monoisotopic (exact) mass is 210 g/mol. The zero-order valence-corrected chi connectivity index (χ0v) is 8.19. The predicted molar refractivity (Wildman–Crippen MR) is 47.8 cm³/mol. The Kier molecular flexibility index (Phi) is 4.23. The molecule has 2 atom stereocenters. The van der Waals surface area contributed by atoms with Gasteiger partial charge in [0.2, 0.25) is 0 Å². The Hall–Kier alpha value is -0.250. The van der Waals surface area contributed by atoms with Gasteiger partial charge in [0.1, 0.15) is 0 Å². The second-order valence-corrected chi connectivity index (χ2v) is 4.14. The van der Waals surface area contributed by atoms with E-state index in [0.29, 0.717) is 19.3 Å². The molecule has 1 aliphatic carbocycles. The van der Waals surface area contributed by atoms with Crippen molar-refractivity contribution >= 4 is 0 Å². The van der Waals surface area contributed by atoms with E-state index < -0.39 is 12.1 Å². The SMILES string of the molecule is OCCCC1CCCC(C(F)(F)F)C1. The molecule has 1 saturated carbocycles. The van der Waals surface area contributed by atoms with Crippen molar-refractivity contribution in [1.82, 2.24) is 0 Å². The van der Waals surface area contributed by atoms with E-state index in [1.54, 1.807) is 0 Å². The minimum atomic E-state index is -4.02. The molecule has 0 aliphatic heterocycles. The van der Waals surface area contributed by atoms with Gasteiger partial charge < -0.3 is 5.11 Å². The van der Waals surface area contributed by atoms with E-state index in [9.17, 15) is 13.2 Å². The van der Waals surface area contributed by atoms with Crippen LogP contribution >= 0.6 is 0 Å². The van der Waals surface area contributed by atoms with Crippen LogP contribution < -0.4 is 0 Å². The molecule has 0 radical (unpaired) electrons. The van der Waals surface area contributed by atoms with E-state index in [-0.39, 0.29) is 18.9 Å². The molecule has 0 saturated heterocycles. The molecule has 4 heteroatoms. The minimum Gasteiger partial charge on any atom is -0.396 e. The summed E-state index contributed by atoms with van der Waals surface area (Å²) in [5.41, 5.74) is 0. The molecular weight excluding hydrogens is 193 g/mol. The molecule has 0 amide bonds. The number of rotatable bonds is 3. The van der Waals surface area contributed by atoms with Crippen molar-refractivity contribution < 1.29 is 18.3 Å². The van der Waals surface area contributed by atoms with Crippen LogP contribution in [0.1, 0.15) is 38.5 Å².